The van der Waals surface area contributed by atoms with Crippen LogP contribution >= 0.6 is 22.6 Å². The van der Waals surface area contributed by atoms with Crippen molar-refractivity contribution in [3.8, 4) is 0 Å². The summed E-state index contributed by atoms with van der Waals surface area (Å²) in [6, 6.07) is 6.68. The van der Waals surface area contributed by atoms with Crippen LogP contribution in [0, 0.1) is 5.82 Å². The summed E-state index contributed by atoms with van der Waals surface area (Å²) < 4.78 is 13.8. The second kappa shape index (κ2) is 4.88. The summed E-state index contributed by atoms with van der Waals surface area (Å²) >= 11 is 2.26. The second-order valence-corrected chi connectivity index (χ2v) is 4.84. The highest BCUT2D eigenvalue weighted by molar-refractivity contribution is 14.1. The fourth-order valence-corrected chi connectivity index (χ4v) is 1.96. The summed E-state index contributed by atoms with van der Waals surface area (Å²) in [6.07, 6.45) is 4.93. The van der Waals surface area contributed by atoms with Gasteiger partial charge in [0.1, 0.15) is 5.82 Å². The molecule has 0 atom stereocenters. The number of rotatable bonds is 2. The zero-order valence-corrected chi connectivity index (χ0v) is 10.4. The van der Waals surface area contributed by atoms with Crippen LogP contribution in [0.25, 0.3) is 0 Å². The fourth-order valence-electron chi connectivity index (χ4n) is 1.55. The smallest absolute Gasteiger partial charge is 0.123 e. The van der Waals surface area contributed by atoms with Gasteiger partial charge in [0.2, 0.25) is 0 Å². The molecule has 0 N–H and O–H groups in total. The highest BCUT2D eigenvalue weighted by Crippen LogP contribution is 2.19. The highest BCUT2D eigenvalue weighted by Gasteiger charge is 2.06. The number of aliphatic imine (C=N–C) groups is 1. The molecule has 1 aliphatic rings. The van der Waals surface area contributed by atoms with E-state index in [9.17, 15) is 4.39 Å². The Morgan fingerprint density at radius 3 is 2.53 bits per heavy atom. The van der Waals surface area contributed by atoms with Crippen molar-refractivity contribution in [3.63, 3.8) is 0 Å². The van der Waals surface area contributed by atoms with Crippen molar-refractivity contribution < 1.29 is 4.39 Å². The Morgan fingerprint density at radius 2 is 1.93 bits per heavy atom. The van der Waals surface area contributed by atoms with Gasteiger partial charge in [0.05, 0.1) is 3.72 Å². The van der Waals surface area contributed by atoms with Gasteiger partial charge in [-0.1, -0.05) is 12.1 Å². The second-order valence-electron chi connectivity index (χ2n) is 3.60. The molecular formula is C12H11FIN. The van der Waals surface area contributed by atoms with Crippen molar-refractivity contribution in [2.75, 3.05) is 0 Å². The monoisotopic (exact) mass is 315 g/mol. The van der Waals surface area contributed by atoms with Crippen LogP contribution in [0.1, 0.15) is 18.4 Å². The minimum absolute atomic E-state index is 0.177. The average Bonchev–Trinajstić information content (AvgIpc) is 2.25. The Labute approximate surface area is 102 Å². The van der Waals surface area contributed by atoms with Crippen LogP contribution in [0.5, 0.6) is 0 Å². The molecule has 3 heteroatoms. The average molecular weight is 315 g/mol. The number of nitrogens with zero attached hydrogens (tertiary/aromatic N) is 1. The minimum Gasteiger partial charge on any atom is -0.255 e. The van der Waals surface area contributed by atoms with E-state index in [2.05, 4.69) is 27.6 Å². The molecular weight excluding hydrogens is 304 g/mol. The first-order valence-electron chi connectivity index (χ1n) is 4.88. The summed E-state index contributed by atoms with van der Waals surface area (Å²) in [6.45, 7) is 0. The Hall–Kier alpha value is -0.710. The van der Waals surface area contributed by atoms with Gasteiger partial charge in [-0.2, -0.15) is 0 Å². The SMILES string of the molecule is Fc1ccc(CC2=CN=C(I)CC2)cc1. The molecule has 0 saturated heterocycles. The van der Waals surface area contributed by atoms with Crippen molar-refractivity contribution in [1.29, 1.82) is 0 Å². The van der Waals surface area contributed by atoms with Gasteiger partial charge in [-0.15, -0.1) is 0 Å². The van der Waals surface area contributed by atoms with Crippen LogP contribution in [0.15, 0.2) is 41.0 Å². The van der Waals surface area contributed by atoms with E-state index in [-0.39, 0.29) is 5.82 Å². The van der Waals surface area contributed by atoms with Crippen LogP contribution in [0.2, 0.25) is 0 Å². The molecule has 15 heavy (non-hydrogen) atoms. The van der Waals surface area contributed by atoms with Gasteiger partial charge in [-0.05, 0) is 65.1 Å². The van der Waals surface area contributed by atoms with Crippen molar-refractivity contribution in [2.24, 2.45) is 4.99 Å². The molecule has 0 fully saturated rings. The van der Waals surface area contributed by atoms with Crippen LogP contribution in [-0.2, 0) is 6.42 Å². The van der Waals surface area contributed by atoms with Crippen LogP contribution < -0.4 is 0 Å². The number of hydrogen-bond acceptors (Lipinski definition) is 1. The number of benzene rings is 1. The maximum atomic E-state index is 12.7. The molecule has 1 heterocycles. The molecule has 0 radical (unpaired) electrons. The molecule has 2 rings (SSSR count). The van der Waals surface area contributed by atoms with E-state index in [4.69, 9.17) is 0 Å². The molecule has 1 aliphatic heterocycles. The van der Waals surface area contributed by atoms with Gasteiger partial charge in [0, 0.05) is 6.20 Å². The number of hydrogen-bond donors (Lipinski definition) is 0. The highest BCUT2D eigenvalue weighted by atomic mass is 127. The summed E-state index contributed by atoms with van der Waals surface area (Å²) in [5, 5.41) is 0. The third-order valence-electron chi connectivity index (χ3n) is 2.38. The quantitative estimate of drug-likeness (QED) is 0.735. The van der Waals surface area contributed by atoms with E-state index in [0.29, 0.717) is 0 Å². The molecule has 0 aromatic heterocycles. The Bertz CT molecular complexity index is 406. The zero-order chi connectivity index (χ0) is 10.7. The molecule has 1 nitrogen and oxygen atoms in total. The molecule has 0 bridgehead atoms. The van der Waals surface area contributed by atoms with Gasteiger partial charge in [-0.25, -0.2) is 4.39 Å². The Balaban J connectivity index is 2.06. The molecule has 0 amide bonds. The molecule has 1 aromatic rings. The predicted octanol–water partition coefficient (Wildman–Crippen LogP) is 3.88. The Morgan fingerprint density at radius 1 is 1.20 bits per heavy atom. The lowest BCUT2D eigenvalue weighted by Gasteiger charge is -2.10. The van der Waals surface area contributed by atoms with Crippen LogP contribution in [0.4, 0.5) is 4.39 Å². The standard InChI is InChI=1S/C12H11FIN/c13-11-4-1-9(2-5-11)7-10-3-6-12(14)15-8-10/h1-2,4-5,8H,3,6-7H2. The zero-order valence-electron chi connectivity index (χ0n) is 8.21. The van der Waals surface area contributed by atoms with Crippen LogP contribution in [-0.4, -0.2) is 3.72 Å². The lowest BCUT2D eigenvalue weighted by Crippen LogP contribution is -1.98. The largest absolute Gasteiger partial charge is 0.255 e. The summed E-state index contributed by atoms with van der Waals surface area (Å²) in [7, 11) is 0. The van der Waals surface area contributed by atoms with Gasteiger partial charge >= 0.3 is 0 Å². The summed E-state index contributed by atoms with van der Waals surface area (Å²) in [5.74, 6) is -0.177. The number of halogens is 2. The third kappa shape index (κ3) is 3.12. The van der Waals surface area contributed by atoms with E-state index in [0.717, 1.165) is 28.5 Å². The maximum Gasteiger partial charge on any atom is 0.123 e. The van der Waals surface area contributed by atoms with Gasteiger partial charge in [0.15, 0.2) is 0 Å². The topological polar surface area (TPSA) is 12.4 Å². The van der Waals surface area contributed by atoms with Crippen LogP contribution in [0.3, 0.4) is 0 Å². The Kier molecular flexibility index (Phi) is 3.51. The van der Waals surface area contributed by atoms with E-state index in [1.165, 1.54) is 17.7 Å². The summed E-state index contributed by atoms with van der Waals surface area (Å²) in [4.78, 5) is 4.29. The van der Waals surface area contributed by atoms with Gasteiger partial charge in [-0.3, -0.25) is 4.99 Å². The molecule has 78 valence electrons. The number of allylic oxidation sites excluding steroid dienone is 1. The first-order chi connectivity index (χ1) is 7.24. The molecule has 0 spiro atoms. The molecule has 0 unspecified atom stereocenters. The van der Waals surface area contributed by atoms with Gasteiger partial charge < -0.3 is 0 Å². The molecule has 1 aromatic carbocycles. The fraction of sp³-hybridized carbons (Fsp3) is 0.250. The minimum atomic E-state index is -0.177. The molecule has 0 aliphatic carbocycles. The lowest BCUT2D eigenvalue weighted by atomic mass is 10.0. The summed E-state index contributed by atoms with van der Waals surface area (Å²) in [5.41, 5.74) is 2.47. The van der Waals surface area contributed by atoms with Crippen molar-refractivity contribution in [2.45, 2.75) is 19.3 Å². The van der Waals surface area contributed by atoms with Gasteiger partial charge in [0.25, 0.3) is 0 Å². The van der Waals surface area contributed by atoms with Crippen molar-refractivity contribution in [3.05, 3.63) is 47.4 Å². The first-order valence-corrected chi connectivity index (χ1v) is 5.96. The van der Waals surface area contributed by atoms with Crippen molar-refractivity contribution >= 4 is 26.3 Å². The first kappa shape index (κ1) is 10.8. The third-order valence-corrected chi connectivity index (χ3v) is 3.20. The maximum absolute atomic E-state index is 12.7. The van der Waals surface area contributed by atoms with E-state index in [1.54, 1.807) is 0 Å². The van der Waals surface area contributed by atoms with Crippen molar-refractivity contribution in [1.82, 2.24) is 0 Å². The lowest BCUT2D eigenvalue weighted by molar-refractivity contribution is 0.627. The van der Waals surface area contributed by atoms with E-state index in [1.807, 2.05) is 18.3 Å². The van der Waals surface area contributed by atoms with E-state index >= 15 is 0 Å². The molecule has 0 saturated carbocycles. The normalized spacial score (nSPS) is 15.9. The van der Waals surface area contributed by atoms with E-state index < -0.39 is 0 Å². The predicted molar refractivity (Wildman–Crippen MR) is 68.9 cm³/mol.